The largest absolute Gasteiger partial charge is 0.328 e. The summed E-state index contributed by atoms with van der Waals surface area (Å²) in [4.78, 5) is 18.4. The molecule has 1 N–H and O–H groups in total. The molecule has 1 unspecified atom stereocenters. The number of carbonyl (C=O) groups is 1. The highest BCUT2D eigenvalue weighted by Crippen LogP contribution is 2.40. The minimum Gasteiger partial charge on any atom is -0.328 e. The molecular formula is C17H18N4OS2. The van der Waals surface area contributed by atoms with Gasteiger partial charge in [-0.2, -0.15) is 4.98 Å². The van der Waals surface area contributed by atoms with Gasteiger partial charge in [-0.25, -0.2) is 4.68 Å². The Bertz CT molecular complexity index is 826. The Kier molecular flexibility index (Phi) is 4.14. The summed E-state index contributed by atoms with van der Waals surface area (Å²) in [6.07, 6.45) is 6.42. The highest BCUT2D eigenvalue weighted by Gasteiger charge is 2.36. The first kappa shape index (κ1) is 15.8. The van der Waals surface area contributed by atoms with Crippen LogP contribution >= 0.6 is 23.5 Å². The number of carbonyl (C=O) groups excluding carboxylic acids is 1. The van der Waals surface area contributed by atoms with Gasteiger partial charge in [-0.3, -0.25) is 4.79 Å². The van der Waals surface area contributed by atoms with E-state index in [0.29, 0.717) is 6.42 Å². The number of Topliss-reactive ketones (excluding diaryl/α,β-unsaturated/α-hetero) is 1. The van der Waals surface area contributed by atoms with Gasteiger partial charge in [-0.15, -0.1) is 16.9 Å². The van der Waals surface area contributed by atoms with Crippen LogP contribution < -0.4 is 5.32 Å². The summed E-state index contributed by atoms with van der Waals surface area (Å²) in [6, 6.07) is 8.20. The van der Waals surface area contributed by atoms with Gasteiger partial charge in [0, 0.05) is 22.6 Å². The van der Waals surface area contributed by atoms with Crippen molar-refractivity contribution >= 4 is 35.3 Å². The van der Waals surface area contributed by atoms with Gasteiger partial charge in [0.15, 0.2) is 5.78 Å². The van der Waals surface area contributed by atoms with E-state index < -0.39 is 0 Å². The number of fused-ring (bicyclic) bond motifs is 1. The first-order valence-corrected chi connectivity index (χ1v) is 10.3. The zero-order valence-electron chi connectivity index (χ0n) is 13.6. The zero-order valence-corrected chi connectivity index (χ0v) is 15.2. The lowest BCUT2D eigenvalue weighted by atomic mass is 9.85. The summed E-state index contributed by atoms with van der Waals surface area (Å²) in [7, 11) is 0. The summed E-state index contributed by atoms with van der Waals surface area (Å²) < 4.78 is 1.86. The number of nitrogens with one attached hydrogen (secondary N) is 1. The smallest absolute Gasteiger partial charge is 0.227 e. The SMILES string of the molecule is CSc1ccc(C2C3=C(CCCC3=O)Nc3nc(SC)nn32)cc1. The molecule has 124 valence electrons. The van der Waals surface area contributed by atoms with E-state index >= 15 is 0 Å². The second kappa shape index (κ2) is 6.29. The van der Waals surface area contributed by atoms with Crippen molar-refractivity contribution in [2.24, 2.45) is 0 Å². The number of nitrogens with zero attached hydrogens (tertiary/aromatic N) is 3. The minimum absolute atomic E-state index is 0.187. The first-order valence-electron chi connectivity index (χ1n) is 7.89. The van der Waals surface area contributed by atoms with Crippen molar-refractivity contribution in [2.45, 2.75) is 35.4 Å². The number of hydrogen-bond donors (Lipinski definition) is 1. The Hall–Kier alpha value is -1.73. The second-order valence-electron chi connectivity index (χ2n) is 5.84. The van der Waals surface area contributed by atoms with Crippen LogP contribution in [0, 0.1) is 0 Å². The number of rotatable bonds is 3. The summed E-state index contributed by atoms with van der Waals surface area (Å²) in [6.45, 7) is 0. The molecule has 0 saturated carbocycles. The van der Waals surface area contributed by atoms with Crippen molar-refractivity contribution in [3.8, 4) is 0 Å². The lowest BCUT2D eigenvalue weighted by Gasteiger charge is -2.32. The van der Waals surface area contributed by atoms with Gasteiger partial charge < -0.3 is 5.32 Å². The number of thioether (sulfide) groups is 2. The summed E-state index contributed by atoms with van der Waals surface area (Å²) in [5.74, 6) is 0.946. The Labute approximate surface area is 149 Å². The molecule has 1 atom stereocenters. The van der Waals surface area contributed by atoms with Crippen molar-refractivity contribution in [3.63, 3.8) is 0 Å². The quantitative estimate of drug-likeness (QED) is 0.844. The molecule has 2 aliphatic rings. The average molecular weight is 358 g/mol. The molecule has 24 heavy (non-hydrogen) atoms. The minimum atomic E-state index is -0.187. The van der Waals surface area contributed by atoms with Crippen molar-refractivity contribution in [3.05, 3.63) is 41.1 Å². The molecular weight excluding hydrogens is 340 g/mol. The highest BCUT2D eigenvalue weighted by molar-refractivity contribution is 7.98. The molecule has 1 aromatic heterocycles. The number of aromatic nitrogens is 3. The summed E-state index contributed by atoms with van der Waals surface area (Å²) in [5.41, 5.74) is 2.94. The maximum Gasteiger partial charge on any atom is 0.227 e. The molecule has 0 spiro atoms. The maximum absolute atomic E-state index is 12.7. The molecule has 2 heterocycles. The number of allylic oxidation sites excluding steroid dienone is 2. The van der Waals surface area contributed by atoms with E-state index in [2.05, 4.69) is 45.9 Å². The van der Waals surface area contributed by atoms with Crippen molar-refractivity contribution in [2.75, 3.05) is 17.8 Å². The van der Waals surface area contributed by atoms with Crippen molar-refractivity contribution in [1.29, 1.82) is 0 Å². The van der Waals surface area contributed by atoms with Gasteiger partial charge in [-0.05, 0) is 43.0 Å². The molecule has 4 rings (SSSR count). The molecule has 1 aliphatic heterocycles. The number of hydrogen-bond acceptors (Lipinski definition) is 6. The zero-order chi connectivity index (χ0) is 16.7. The van der Waals surface area contributed by atoms with Gasteiger partial charge in [-0.1, -0.05) is 23.9 Å². The predicted molar refractivity (Wildman–Crippen MR) is 97.7 cm³/mol. The van der Waals surface area contributed by atoms with Crippen LogP contribution in [0.1, 0.15) is 30.9 Å². The molecule has 1 aromatic carbocycles. The molecule has 0 radical (unpaired) electrons. The third kappa shape index (κ3) is 2.56. The van der Waals surface area contributed by atoms with Crippen LogP contribution in [0.2, 0.25) is 0 Å². The van der Waals surface area contributed by atoms with Gasteiger partial charge in [0.05, 0.1) is 0 Å². The molecule has 0 amide bonds. The molecule has 7 heteroatoms. The lowest BCUT2D eigenvalue weighted by molar-refractivity contribution is -0.116. The topological polar surface area (TPSA) is 59.8 Å². The van der Waals surface area contributed by atoms with E-state index in [1.807, 2.05) is 10.9 Å². The van der Waals surface area contributed by atoms with Gasteiger partial charge in [0.2, 0.25) is 11.1 Å². The van der Waals surface area contributed by atoms with Crippen LogP contribution in [0.25, 0.3) is 0 Å². The van der Waals surface area contributed by atoms with E-state index in [9.17, 15) is 4.79 Å². The van der Waals surface area contributed by atoms with Crippen LogP contribution in [-0.2, 0) is 4.79 Å². The molecule has 2 aromatic rings. The lowest BCUT2D eigenvalue weighted by Crippen LogP contribution is -2.31. The fourth-order valence-corrected chi connectivity index (χ4v) is 4.07. The van der Waals surface area contributed by atoms with E-state index in [-0.39, 0.29) is 11.8 Å². The Balaban J connectivity index is 1.87. The third-order valence-electron chi connectivity index (χ3n) is 4.46. The van der Waals surface area contributed by atoms with Crippen LogP contribution in [0.15, 0.2) is 45.6 Å². The van der Waals surface area contributed by atoms with E-state index in [4.69, 9.17) is 0 Å². The van der Waals surface area contributed by atoms with Crippen molar-refractivity contribution in [1.82, 2.24) is 14.8 Å². The fraction of sp³-hybridized carbons (Fsp3) is 0.353. The van der Waals surface area contributed by atoms with Crippen LogP contribution in [0.5, 0.6) is 0 Å². The van der Waals surface area contributed by atoms with Gasteiger partial charge >= 0.3 is 0 Å². The van der Waals surface area contributed by atoms with E-state index in [0.717, 1.165) is 40.8 Å². The molecule has 5 nitrogen and oxygen atoms in total. The average Bonchev–Trinajstić information content (AvgIpc) is 3.03. The standard InChI is InChI=1S/C17H18N4OS2/c1-23-11-8-6-10(7-9-11)15-14-12(4-3-5-13(14)22)18-16-19-17(24-2)20-21(15)16/h6-9,15H,3-5H2,1-2H3,(H,18,19,20). The molecule has 0 fully saturated rings. The molecule has 0 saturated heterocycles. The first-order chi connectivity index (χ1) is 11.7. The fourth-order valence-electron chi connectivity index (χ4n) is 3.32. The normalized spacial score (nSPS) is 19.8. The van der Waals surface area contributed by atoms with Crippen LogP contribution in [0.4, 0.5) is 5.95 Å². The second-order valence-corrected chi connectivity index (χ2v) is 7.49. The number of benzene rings is 1. The van der Waals surface area contributed by atoms with E-state index in [1.54, 1.807) is 11.8 Å². The Morgan fingerprint density at radius 3 is 2.67 bits per heavy atom. The predicted octanol–water partition coefficient (Wildman–Crippen LogP) is 3.74. The van der Waals surface area contributed by atoms with Crippen LogP contribution in [0.3, 0.4) is 0 Å². The van der Waals surface area contributed by atoms with E-state index in [1.165, 1.54) is 16.7 Å². The summed E-state index contributed by atoms with van der Waals surface area (Å²) in [5, 5.41) is 8.66. The third-order valence-corrected chi connectivity index (χ3v) is 5.74. The van der Waals surface area contributed by atoms with Gasteiger partial charge in [0.25, 0.3) is 0 Å². The Morgan fingerprint density at radius 1 is 1.17 bits per heavy atom. The highest BCUT2D eigenvalue weighted by atomic mass is 32.2. The maximum atomic E-state index is 12.7. The van der Waals surface area contributed by atoms with Gasteiger partial charge in [0.1, 0.15) is 6.04 Å². The molecule has 1 aliphatic carbocycles. The monoisotopic (exact) mass is 358 g/mol. The Morgan fingerprint density at radius 2 is 1.96 bits per heavy atom. The number of ketones is 1. The summed E-state index contributed by atoms with van der Waals surface area (Å²) >= 11 is 3.22. The number of anilines is 1. The van der Waals surface area contributed by atoms with Crippen molar-refractivity contribution < 1.29 is 4.79 Å². The van der Waals surface area contributed by atoms with Crippen LogP contribution in [-0.4, -0.2) is 33.1 Å². The molecule has 0 bridgehead atoms.